The molecule has 0 saturated carbocycles. The first-order valence-electron chi connectivity index (χ1n) is 8.95. The van der Waals surface area contributed by atoms with Crippen LogP contribution in [0.5, 0.6) is 5.88 Å². The minimum atomic E-state index is -4.48. The molecule has 3 rings (SSSR count). The number of hydrogen-bond acceptors (Lipinski definition) is 6. The number of thioether (sulfide) groups is 1. The Labute approximate surface area is 180 Å². The summed E-state index contributed by atoms with van der Waals surface area (Å²) >= 11 is -0.257. The van der Waals surface area contributed by atoms with Gasteiger partial charge in [-0.2, -0.15) is 13.2 Å². The molecule has 0 aliphatic carbocycles. The maximum Gasteiger partial charge on any atom is 0.447 e. The van der Waals surface area contributed by atoms with Crippen molar-refractivity contribution in [3.63, 3.8) is 0 Å². The lowest BCUT2D eigenvalue weighted by Crippen LogP contribution is -2.18. The predicted octanol–water partition coefficient (Wildman–Crippen LogP) is 3.48. The summed E-state index contributed by atoms with van der Waals surface area (Å²) in [5, 5.41) is 5.36. The van der Waals surface area contributed by atoms with Gasteiger partial charge >= 0.3 is 5.51 Å². The lowest BCUT2D eigenvalue weighted by atomic mass is 10.2. The highest BCUT2D eigenvalue weighted by Crippen LogP contribution is 2.39. The number of anilines is 1. The van der Waals surface area contributed by atoms with Crippen LogP contribution in [0.25, 0.3) is 5.65 Å². The highest BCUT2D eigenvalue weighted by molar-refractivity contribution is 8.00. The van der Waals surface area contributed by atoms with E-state index in [9.17, 15) is 18.0 Å². The quantitative estimate of drug-likeness (QED) is 0.459. The van der Waals surface area contributed by atoms with Crippen molar-refractivity contribution in [3.8, 4) is 17.7 Å². The van der Waals surface area contributed by atoms with E-state index in [0.717, 1.165) is 5.56 Å². The van der Waals surface area contributed by atoms with Crippen molar-refractivity contribution in [3.05, 3.63) is 47.4 Å². The Balaban J connectivity index is 1.87. The second-order valence-corrected chi connectivity index (χ2v) is 7.27. The Kier molecular flexibility index (Phi) is 6.60. The number of methoxy groups -OCH3 is 1. The number of nitrogens with one attached hydrogen (secondary N) is 2. The van der Waals surface area contributed by atoms with Gasteiger partial charge in [0.2, 0.25) is 5.88 Å². The van der Waals surface area contributed by atoms with E-state index in [0.29, 0.717) is 16.9 Å². The molecule has 7 nitrogen and oxygen atoms in total. The number of aromatic nitrogens is 3. The molecule has 3 heterocycles. The maximum absolute atomic E-state index is 13.1. The van der Waals surface area contributed by atoms with Crippen LogP contribution in [0.1, 0.15) is 21.6 Å². The molecule has 0 atom stereocenters. The van der Waals surface area contributed by atoms with Gasteiger partial charge in [-0.1, -0.05) is 12.0 Å². The van der Waals surface area contributed by atoms with E-state index in [4.69, 9.17) is 4.74 Å². The van der Waals surface area contributed by atoms with Gasteiger partial charge in [-0.05, 0) is 30.5 Å². The number of ether oxygens (including phenoxy) is 1. The second-order valence-electron chi connectivity index (χ2n) is 6.21. The van der Waals surface area contributed by atoms with Crippen molar-refractivity contribution in [2.75, 3.05) is 26.0 Å². The molecule has 0 spiro atoms. The monoisotopic (exact) mass is 449 g/mol. The Morgan fingerprint density at radius 1 is 1.39 bits per heavy atom. The minimum Gasteiger partial charge on any atom is -0.480 e. The summed E-state index contributed by atoms with van der Waals surface area (Å²) in [7, 11) is 2.93. The van der Waals surface area contributed by atoms with Gasteiger partial charge in [0.15, 0.2) is 0 Å². The lowest BCUT2D eigenvalue weighted by molar-refractivity contribution is -0.0330. The topological polar surface area (TPSA) is 80.5 Å². The van der Waals surface area contributed by atoms with Gasteiger partial charge in [-0.15, -0.1) is 0 Å². The number of hydrogen-bond donors (Lipinski definition) is 2. The van der Waals surface area contributed by atoms with Crippen LogP contribution in [0, 0.1) is 18.8 Å². The van der Waals surface area contributed by atoms with Gasteiger partial charge < -0.3 is 15.4 Å². The first-order valence-corrected chi connectivity index (χ1v) is 9.77. The molecule has 2 N–H and O–H groups in total. The summed E-state index contributed by atoms with van der Waals surface area (Å²) in [5.74, 6) is 5.41. The SMILES string of the molecule is CNC(=O)c1cnc(OC)c(NCC#Cc2nc3c(C)cccn3c2SC(F)(F)F)c1. The molecule has 3 aromatic heterocycles. The molecule has 31 heavy (non-hydrogen) atoms. The van der Waals surface area contributed by atoms with E-state index in [1.54, 1.807) is 25.1 Å². The number of amides is 1. The summed E-state index contributed by atoms with van der Waals surface area (Å²) < 4.78 is 45.7. The number of halogens is 3. The Bertz CT molecular complexity index is 1180. The Morgan fingerprint density at radius 3 is 2.84 bits per heavy atom. The van der Waals surface area contributed by atoms with E-state index in [1.807, 2.05) is 0 Å². The number of pyridine rings is 2. The van der Waals surface area contributed by atoms with Crippen LogP contribution >= 0.6 is 11.8 Å². The first-order chi connectivity index (χ1) is 14.7. The molecule has 0 aliphatic heterocycles. The molecule has 0 saturated heterocycles. The fourth-order valence-electron chi connectivity index (χ4n) is 2.75. The molecule has 1 amide bonds. The molecular weight excluding hydrogens is 431 g/mol. The van der Waals surface area contributed by atoms with Crippen molar-refractivity contribution in [1.29, 1.82) is 0 Å². The van der Waals surface area contributed by atoms with E-state index >= 15 is 0 Å². The summed E-state index contributed by atoms with van der Waals surface area (Å²) in [6.07, 6.45) is 2.89. The average molecular weight is 449 g/mol. The molecule has 3 aromatic rings. The molecule has 0 aromatic carbocycles. The Hall–Kier alpha value is -3.39. The number of fused-ring (bicyclic) bond motifs is 1. The van der Waals surface area contributed by atoms with Gasteiger partial charge in [0, 0.05) is 31.2 Å². The highest BCUT2D eigenvalue weighted by Gasteiger charge is 2.33. The van der Waals surface area contributed by atoms with E-state index < -0.39 is 5.51 Å². The minimum absolute atomic E-state index is 0.0302. The number of carbonyl (C=O) groups is 1. The molecular formula is C20H18F3N5O2S. The van der Waals surface area contributed by atoms with E-state index in [1.165, 1.54) is 31.0 Å². The summed E-state index contributed by atoms with van der Waals surface area (Å²) in [6.45, 7) is 1.83. The normalized spacial score (nSPS) is 11.0. The number of carbonyl (C=O) groups excluding carboxylic acids is 1. The van der Waals surface area contributed by atoms with Crippen LogP contribution in [-0.4, -0.2) is 46.5 Å². The van der Waals surface area contributed by atoms with E-state index in [2.05, 4.69) is 32.4 Å². The fraction of sp³-hybridized carbons (Fsp3) is 0.250. The highest BCUT2D eigenvalue weighted by atomic mass is 32.2. The van der Waals surface area contributed by atoms with Crippen molar-refractivity contribution in [2.45, 2.75) is 17.5 Å². The zero-order valence-corrected chi connectivity index (χ0v) is 17.6. The number of aryl methyl sites for hydroxylation is 1. The van der Waals surface area contributed by atoms with Crippen LogP contribution < -0.4 is 15.4 Å². The Morgan fingerprint density at radius 2 is 2.16 bits per heavy atom. The van der Waals surface area contributed by atoms with Crippen molar-refractivity contribution in [2.24, 2.45) is 0 Å². The van der Waals surface area contributed by atoms with Gasteiger partial charge in [0.05, 0.1) is 24.9 Å². The average Bonchev–Trinajstić information content (AvgIpc) is 3.07. The second kappa shape index (κ2) is 9.18. The third-order valence-electron chi connectivity index (χ3n) is 4.12. The van der Waals surface area contributed by atoms with Crippen molar-refractivity contribution in [1.82, 2.24) is 19.7 Å². The molecule has 0 fully saturated rings. The van der Waals surface area contributed by atoms with Gasteiger partial charge in [0.25, 0.3) is 5.91 Å². The summed E-state index contributed by atoms with van der Waals surface area (Å²) in [4.78, 5) is 20.1. The van der Waals surface area contributed by atoms with Crippen LogP contribution in [0.2, 0.25) is 0 Å². The largest absolute Gasteiger partial charge is 0.480 e. The zero-order valence-electron chi connectivity index (χ0n) is 16.8. The molecule has 0 aliphatic rings. The molecule has 162 valence electrons. The number of rotatable bonds is 5. The van der Waals surface area contributed by atoms with Crippen LogP contribution in [0.15, 0.2) is 35.6 Å². The van der Waals surface area contributed by atoms with Gasteiger partial charge in [-0.3, -0.25) is 9.20 Å². The smallest absolute Gasteiger partial charge is 0.447 e. The fourth-order valence-corrected chi connectivity index (χ4v) is 3.41. The van der Waals surface area contributed by atoms with Gasteiger partial charge in [0.1, 0.15) is 16.4 Å². The predicted molar refractivity (Wildman–Crippen MR) is 111 cm³/mol. The zero-order chi connectivity index (χ0) is 22.6. The summed E-state index contributed by atoms with van der Waals surface area (Å²) in [5.41, 5.74) is -2.56. The number of alkyl halides is 3. The van der Waals surface area contributed by atoms with E-state index in [-0.39, 0.29) is 40.8 Å². The van der Waals surface area contributed by atoms with Crippen LogP contribution in [0.4, 0.5) is 18.9 Å². The third kappa shape index (κ3) is 5.21. The maximum atomic E-state index is 13.1. The van der Waals surface area contributed by atoms with Crippen molar-refractivity contribution >= 4 is 29.0 Å². The van der Waals surface area contributed by atoms with Crippen molar-refractivity contribution < 1.29 is 22.7 Å². The third-order valence-corrected chi connectivity index (χ3v) is 4.94. The molecule has 0 radical (unpaired) electrons. The number of imidazole rings is 1. The lowest BCUT2D eigenvalue weighted by Gasteiger charge is -2.09. The summed E-state index contributed by atoms with van der Waals surface area (Å²) in [6, 6.07) is 4.97. The van der Waals surface area contributed by atoms with Crippen LogP contribution in [0.3, 0.4) is 0 Å². The molecule has 0 bridgehead atoms. The first kappa shape index (κ1) is 22.3. The van der Waals surface area contributed by atoms with Crippen LogP contribution in [-0.2, 0) is 0 Å². The standard InChI is InChI=1S/C20H18F3N5O2S/c1-12-6-5-9-28-16(12)27-14(19(28)31-20(21,22)23)7-4-8-25-15-10-13(17(29)24-2)11-26-18(15)30-3/h5-6,9-11,25H,8H2,1-3H3,(H,24,29). The molecule has 0 unspecified atom stereocenters. The van der Waals surface area contributed by atoms with Gasteiger partial charge in [-0.25, -0.2) is 9.97 Å². The number of nitrogens with zero attached hydrogens (tertiary/aromatic N) is 3. The molecule has 11 heteroatoms.